The van der Waals surface area contributed by atoms with E-state index < -0.39 is 0 Å². The Morgan fingerprint density at radius 1 is 1.04 bits per heavy atom. The van der Waals surface area contributed by atoms with Gasteiger partial charge in [0.25, 0.3) is 5.91 Å². The van der Waals surface area contributed by atoms with Crippen molar-refractivity contribution < 1.29 is 9.53 Å². The first-order valence-corrected chi connectivity index (χ1v) is 8.31. The molecule has 0 saturated heterocycles. The normalized spacial score (nSPS) is 10.3. The van der Waals surface area contributed by atoms with Gasteiger partial charge in [0.15, 0.2) is 0 Å². The van der Waals surface area contributed by atoms with E-state index in [1.807, 2.05) is 0 Å². The van der Waals surface area contributed by atoms with Crippen LogP contribution in [0, 0.1) is 0 Å². The van der Waals surface area contributed by atoms with Crippen molar-refractivity contribution >= 4 is 46.4 Å². The Labute approximate surface area is 160 Å². The molecule has 1 amide bonds. The summed E-state index contributed by atoms with van der Waals surface area (Å²) in [5, 5.41) is 6.87. The average Bonchev–Trinajstić information content (AvgIpc) is 2.64. The van der Waals surface area contributed by atoms with Crippen LogP contribution in [-0.4, -0.2) is 23.0 Å². The molecule has 26 heavy (non-hydrogen) atoms. The quantitative estimate of drug-likeness (QED) is 0.656. The number of hydrogen-bond acceptors (Lipinski definition) is 5. The van der Waals surface area contributed by atoms with Gasteiger partial charge in [-0.05, 0) is 48.5 Å². The Morgan fingerprint density at radius 3 is 2.50 bits per heavy atom. The Balaban J connectivity index is 1.79. The van der Waals surface area contributed by atoms with Gasteiger partial charge in [-0.1, -0.05) is 23.2 Å². The minimum Gasteiger partial charge on any atom is -0.495 e. The highest BCUT2D eigenvalue weighted by Crippen LogP contribution is 2.29. The summed E-state index contributed by atoms with van der Waals surface area (Å²) in [4.78, 5) is 20.7. The first kappa shape index (κ1) is 18.0. The third-order valence-electron chi connectivity index (χ3n) is 3.40. The van der Waals surface area contributed by atoms with Gasteiger partial charge in [0.1, 0.15) is 11.4 Å². The molecule has 0 atom stereocenters. The van der Waals surface area contributed by atoms with E-state index in [2.05, 4.69) is 20.6 Å². The zero-order valence-corrected chi connectivity index (χ0v) is 15.2. The second kappa shape index (κ2) is 8.03. The third kappa shape index (κ3) is 4.41. The van der Waals surface area contributed by atoms with Gasteiger partial charge < -0.3 is 15.4 Å². The second-order valence-corrected chi connectivity index (χ2v) is 6.07. The van der Waals surface area contributed by atoms with Crippen LogP contribution in [0.5, 0.6) is 5.75 Å². The topological polar surface area (TPSA) is 76.1 Å². The van der Waals surface area contributed by atoms with Crippen molar-refractivity contribution in [2.24, 2.45) is 0 Å². The molecule has 3 aromatic rings. The minimum atomic E-state index is -0.365. The highest BCUT2D eigenvalue weighted by Gasteiger charge is 2.11. The van der Waals surface area contributed by atoms with Crippen molar-refractivity contribution in [1.82, 2.24) is 9.97 Å². The number of carbonyl (C=O) groups excluding carboxylic acids is 1. The largest absolute Gasteiger partial charge is 0.495 e. The van der Waals surface area contributed by atoms with Crippen molar-refractivity contribution in [2.45, 2.75) is 0 Å². The summed E-state index contributed by atoms with van der Waals surface area (Å²) in [5.41, 5.74) is 1.41. The van der Waals surface area contributed by atoms with Gasteiger partial charge in [-0.15, -0.1) is 0 Å². The molecule has 1 aromatic heterocycles. The Morgan fingerprint density at radius 2 is 1.77 bits per heavy atom. The van der Waals surface area contributed by atoms with Crippen LogP contribution < -0.4 is 15.4 Å². The number of amides is 1. The molecular weight excluding hydrogens is 375 g/mol. The summed E-state index contributed by atoms with van der Waals surface area (Å²) < 4.78 is 5.27. The van der Waals surface area contributed by atoms with E-state index in [9.17, 15) is 4.79 Å². The molecule has 0 radical (unpaired) electrons. The van der Waals surface area contributed by atoms with Gasteiger partial charge in [0.05, 0.1) is 12.8 Å². The number of rotatable bonds is 5. The molecule has 2 aromatic carbocycles. The number of hydrogen-bond donors (Lipinski definition) is 2. The van der Waals surface area contributed by atoms with E-state index >= 15 is 0 Å². The fourth-order valence-electron chi connectivity index (χ4n) is 2.17. The van der Waals surface area contributed by atoms with Crippen LogP contribution >= 0.6 is 23.2 Å². The first-order valence-electron chi connectivity index (χ1n) is 7.55. The lowest BCUT2D eigenvalue weighted by Crippen LogP contribution is -2.14. The molecule has 2 N–H and O–H groups in total. The predicted octanol–water partition coefficient (Wildman–Crippen LogP) is 4.79. The van der Waals surface area contributed by atoms with E-state index in [0.717, 1.165) is 0 Å². The van der Waals surface area contributed by atoms with Gasteiger partial charge in [-0.2, -0.15) is 0 Å². The monoisotopic (exact) mass is 388 g/mol. The lowest BCUT2D eigenvalue weighted by atomic mass is 10.3. The minimum absolute atomic E-state index is 0.207. The number of anilines is 3. The maximum absolute atomic E-state index is 12.4. The standard InChI is InChI=1S/C18H14Cl2N4O2/c1-26-16-7-4-12(20)10-15(16)24-18-21-9-8-14(23-18)17(25)22-13-5-2-11(19)3-6-13/h2-10H,1H3,(H,22,25)(H,21,23,24). The summed E-state index contributed by atoms with van der Waals surface area (Å²) in [5.74, 6) is 0.458. The summed E-state index contributed by atoms with van der Waals surface area (Å²) in [6.45, 7) is 0. The fraction of sp³-hybridized carbons (Fsp3) is 0.0556. The zero-order chi connectivity index (χ0) is 18.5. The van der Waals surface area contributed by atoms with Crippen LogP contribution in [-0.2, 0) is 0 Å². The molecule has 3 rings (SSSR count). The Kier molecular flexibility index (Phi) is 5.55. The SMILES string of the molecule is COc1ccc(Cl)cc1Nc1nccc(C(=O)Nc2ccc(Cl)cc2)n1. The molecule has 0 saturated carbocycles. The lowest BCUT2D eigenvalue weighted by Gasteiger charge is -2.11. The summed E-state index contributed by atoms with van der Waals surface area (Å²) >= 11 is 11.9. The van der Waals surface area contributed by atoms with E-state index in [1.54, 1.807) is 49.6 Å². The maximum Gasteiger partial charge on any atom is 0.274 e. The molecule has 6 nitrogen and oxygen atoms in total. The zero-order valence-electron chi connectivity index (χ0n) is 13.7. The third-order valence-corrected chi connectivity index (χ3v) is 3.89. The van der Waals surface area contributed by atoms with E-state index in [1.165, 1.54) is 12.3 Å². The van der Waals surface area contributed by atoms with Crippen LogP contribution in [0.3, 0.4) is 0 Å². The summed E-state index contributed by atoms with van der Waals surface area (Å²) in [7, 11) is 1.55. The lowest BCUT2D eigenvalue weighted by molar-refractivity contribution is 0.102. The summed E-state index contributed by atoms with van der Waals surface area (Å²) in [6.07, 6.45) is 1.49. The Bertz CT molecular complexity index is 933. The number of halogens is 2. The molecular formula is C18H14Cl2N4O2. The fourth-order valence-corrected chi connectivity index (χ4v) is 2.47. The van der Waals surface area contributed by atoms with Crippen LogP contribution in [0.1, 0.15) is 10.5 Å². The van der Waals surface area contributed by atoms with Crippen LogP contribution in [0.15, 0.2) is 54.7 Å². The second-order valence-electron chi connectivity index (χ2n) is 5.20. The number of nitrogens with zero attached hydrogens (tertiary/aromatic N) is 2. The number of nitrogens with one attached hydrogen (secondary N) is 2. The number of carbonyl (C=O) groups is 1. The van der Waals surface area contributed by atoms with Crippen LogP contribution in [0.4, 0.5) is 17.3 Å². The van der Waals surface area contributed by atoms with Gasteiger partial charge >= 0.3 is 0 Å². The van der Waals surface area contributed by atoms with E-state index in [-0.39, 0.29) is 17.5 Å². The van der Waals surface area contributed by atoms with E-state index in [4.69, 9.17) is 27.9 Å². The highest BCUT2D eigenvalue weighted by molar-refractivity contribution is 6.31. The van der Waals surface area contributed by atoms with Gasteiger partial charge in [0, 0.05) is 21.9 Å². The van der Waals surface area contributed by atoms with Crippen molar-refractivity contribution in [2.75, 3.05) is 17.7 Å². The van der Waals surface area contributed by atoms with Crippen LogP contribution in [0.2, 0.25) is 10.0 Å². The van der Waals surface area contributed by atoms with Crippen molar-refractivity contribution in [1.29, 1.82) is 0 Å². The van der Waals surface area contributed by atoms with E-state index in [0.29, 0.717) is 27.2 Å². The maximum atomic E-state index is 12.4. The molecule has 1 heterocycles. The number of aromatic nitrogens is 2. The smallest absolute Gasteiger partial charge is 0.274 e. The number of methoxy groups -OCH3 is 1. The van der Waals surface area contributed by atoms with Gasteiger partial charge in [0.2, 0.25) is 5.95 Å². The molecule has 0 fully saturated rings. The molecule has 0 aliphatic heterocycles. The molecule has 0 spiro atoms. The number of benzene rings is 2. The van der Waals surface area contributed by atoms with Crippen molar-refractivity contribution in [3.63, 3.8) is 0 Å². The molecule has 0 unspecified atom stereocenters. The van der Waals surface area contributed by atoms with Crippen LogP contribution in [0.25, 0.3) is 0 Å². The molecule has 132 valence electrons. The Hall–Kier alpha value is -2.83. The molecule has 0 aliphatic rings. The predicted molar refractivity (Wildman–Crippen MR) is 103 cm³/mol. The van der Waals surface area contributed by atoms with Crippen molar-refractivity contribution in [3.8, 4) is 5.75 Å². The molecule has 8 heteroatoms. The average molecular weight is 389 g/mol. The first-order chi connectivity index (χ1) is 12.5. The molecule has 0 aliphatic carbocycles. The van der Waals surface area contributed by atoms with Crippen molar-refractivity contribution in [3.05, 3.63) is 70.5 Å². The van der Waals surface area contributed by atoms with Gasteiger partial charge in [-0.25, -0.2) is 9.97 Å². The summed E-state index contributed by atoms with van der Waals surface area (Å²) in [6, 6.07) is 13.4. The highest BCUT2D eigenvalue weighted by atomic mass is 35.5. The number of ether oxygens (including phenoxy) is 1. The van der Waals surface area contributed by atoms with Gasteiger partial charge in [-0.3, -0.25) is 4.79 Å². The molecule has 0 bridgehead atoms.